The number of hydrogen-bond acceptors (Lipinski definition) is 5. The molecule has 0 amide bonds. The van der Waals surface area contributed by atoms with Crippen LogP contribution in [0.5, 0.6) is 0 Å². The van der Waals surface area contributed by atoms with E-state index in [1.807, 2.05) is 0 Å². The van der Waals surface area contributed by atoms with Gasteiger partial charge in [0.2, 0.25) is 0 Å². The van der Waals surface area contributed by atoms with Crippen molar-refractivity contribution in [2.24, 2.45) is 5.84 Å². The Labute approximate surface area is 79.2 Å². The Kier molecular flexibility index (Phi) is 3.16. The number of hydrogen-bond donors (Lipinski definition) is 3. The predicted molar refractivity (Wildman–Crippen MR) is 46.1 cm³/mol. The van der Waals surface area contributed by atoms with Gasteiger partial charge >= 0.3 is 11.9 Å². The van der Waals surface area contributed by atoms with E-state index in [9.17, 15) is 9.59 Å². The molecule has 0 saturated carbocycles. The molecule has 0 saturated heterocycles. The highest BCUT2D eigenvalue weighted by Crippen LogP contribution is 2.09. The molecule has 0 aliphatic rings. The summed E-state index contributed by atoms with van der Waals surface area (Å²) in [4.78, 5) is 26.1. The Morgan fingerprint density at radius 3 is 2.36 bits per heavy atom. The van der Waals surface area contributed by atoms with Gasteiger partial charge in [-0.25, -0.2) is 15.4 Å². The largest absolute Gasteiger partial charge is 0.478 e. The normalized spacial score (nSPS) is 9.50. The number of aromatic carboxylic acids is 1. The van der Waals surface area contributed by atoms with Crippen molar-refractivity contribution < 1.29 is 19.5 Å². The van der Waals surface area contributed by atoms with Crippen LogP contribution in [0.2, 0.25) is 0 Å². The number of carbonyl (C=O) groups excluding carboxylic acids is 1. The second kappa shape index (κ2) is 4.35. The van der Waals surface area contributed by atoms with Crippen LogP contribution in [-0.4, -0.2) is 17.0 Å². The van der Waals surface area contributed by atoms with Gasteiger partial charge in [0.15, 0.2) is 0 Å². The van der Waals surface area contributed by atoms with E-state index in [1.54, 1.807) is 5.59 Å². The number of rotatable bonds is 3. The van der Waals surface area contributed by atoms with Crippen molar-refractivity contribution in [3.63, 3.8) is 0 Å². The molecule has 6 heteroatoms. The van der Waals surface area contributed by atoms with E-state index in [1.165, 1.54) is 24.3 Å². The van der Waals surface area contributed by atoms with E-state index in [4.69, 9.17) is 10.9 Å². The van der Waals surface area contributed by atoms with E-state index in [0.29, 0.717) is 0 Å². The number of carboxylic acids is 1. The summed E-state index contributed by atoms with van der Waals surface area (Å²) in [6, 6.07) is 5.67. The number of carboxylic acid groups (broad SMARTS) is 1. The Hall–Kier alpha value is -1.92. The summed E-state index contributed by atoms with van der Waals surface area (Å²) in [7, 11) is 0. The molecule has 0 radical (unpaired) electrons. The zero-order valence-corrected chi connectivity index (χ0v) is 7.06. The standard InChI is InChI=1S/C8H8N2O4/c9-10-14-8(13)6-4-2-1-3-5(6)7(11)12/h1-4,10H,9H2,(H,11,12). The number of carbonyl (C=O) groups is 2. The molecule has 0 aliphatic carbocycles. The molecule has 0 bridgehead atoms. The maximum Gasteiger partial charge on any atom is 0.358 e. The SMILES string of the molecule is NNOC(=O)c1ccccc1C(=O)O. The van der Waals surface area contributed by atoms with Crippen LogP contribution in [0.4, 0.5) is 0 Å². The summed E-state index contributed by atoms with van der Waals surface area (Å²) < 4.78 is 0. The van der Waals surface area contributed by atoms with Crippen molar-refractivity contribution in [3.05, 3.63) is 35.4 Å². The Morgan fingerprint density at radius 2 is 1.86 bits per heavy atom. The first-order chi connectivity index (χ1) is 6.66. The molecule has 0 aromatic heterocycles. The fraction of sp³-hybridized carbons (Fsp3) is 0. The zero-order valence-electron chi connectivity index (χ0n) is 7.06. The highest BCUT2D eigenvalue weighted by atomic mass is 16.7. The Balaban J connectivity index is 3.07. The van der Waals surface area contributed by atoms with Gasteiger partial charge in [0.05, 0.1) is 11.1 Å². The van der Waals surface area contributed by atoms with Crippen LogP contribution in [-0.2, 0) is 4.84 Å². The first kappa shape index (κ1) is 10.2. The number of nitrogens with one attached hydrogen (secondary N) is 1. The van der Waals surface area contributed by atoms with Crippen LogP contribution in [0.1, 0.15) is 20.7 Å². The molecule has 6 nitrogen and oxygen atoms in total. The fourth-order valence-electron chi connectivity index (χ4n) is 0.956. The summed E-state index contributed by atoms with van der Waals surface area (Å²) in [5.41, 5.74) is 1.50. The van der Waals surface area contributed by atoms with Crippen molar-refractivity contribution in [2.45, 2.75) is 0 Å². The minimum absolute atomic E-state index is 0.0575. The van der Waals surface area contributed by atoms with Crippen molar-refractivity contribution in [1.82, 2.24) is 5.59 Å². The second-order valence-corrected chi connectivity index (χ2v) is 2.36. The highest BCUT2D eigenvalue weighted by Gasteiger charge is 2.16. The van der Waals surface area contributed by atoms with Crippen molar-refractivity contribution in [2.75, 3.05) is 0 Å². The first-order valence-electron chi connectivity index (χ1n) is 3.66. The molecule has 1 rings (SSSR count). The molecule has 1 aromatic rings. The lowest BCUT2D eigenvalue weighted by molar-refractivity contribution is 0.0249. The van der Waals surface area contributed by atoms with Gasteiger partial charge in [-0.2, -0.15) is 0 Å². The fourth-order valence-corrected chi connectivity index (χ4v) is 0.956. The molecule has 74 valence electrons. The third kappa shape index (κ3) is 2.06. The lowest BCUT2D eigenvalue weighted by atomic mass is 10.1. The van der Waals surface area contributed by atoms with E-state index in [2.05, 4.69) is 4.84 Å². The van der Waals surface area contributed by atoms with Gasteiger partial charge < -0.3 is 9.94 Å². The molecule has 0 aliphatic heterocycles. The minimum Gasteiger partial charge on any atom is -0.478 e. The Bertz CT molecular complexity index is 364. The quantitative estimate of drug-likeness (QED) is 0.461. The van der Waals surface area contributed by atoms with Crippen LogP contribution in [0.3, 0.4) is 0 Å². The summed E-state index contributed by atoms with van der Waals surface area (Å²) >= 11 is 0. The molecule has 4 N–H and O–H groups in total. The second-order valence-electron chi connectivity index (χ2n) is 2.36. The number of benzene rings is 1. The average molecular weight is 196 g/mol. The summed E-state index contributed by atoms with van der Waals surface area (Å²) in [6.07, 6.45) is 0. The third-order valence-electron chi connectivity index (χ3n) is 1.53. The molecular formula is C8H8N2O4. The van der Waals surface area contributed by atoms with Gasteiger partial charge in [0.1, 0.15) is 0 Å². The van der Waals surface area contributed by atoms with Crippen LogP contribution >= 0.6 is 0 Å². The lowest BCUT2D eigenvalue weighted by Crippen LogP contribution is -2.27. The van der Waals surface area contributed by atoms with E-state index in [-0.39, 0.29) is 11.1 Å². The number of hydrazine groups is 1. The maximum atomic E-state index is 11.1. The van der Waals surface area contributed by atoms with Gasteiger partial charge in [-0.3, -0.25) is 0 Å². The van der Waals surface area contributed by atoms with E-state index >= 15 is 0 Å². The summed E-state index contributed by atoms with van der Waals surface area (Å²) in [5, 5.41) is 8.72. The van der Waals surface area contributed by atoms with Gasteiger partial charge in [-0.05, 0) is 12.1 Å². The summed E-state index contributed by atoms with van der Waals surface area (Å²) in [6.45, 7) is 0. The maximum absolute atomic E-state index is 11.1. The molecule has 0 unspecified atom stereocenters. The van der Waals surface area contributed by atoms with E-state index in [0.717, 1.165) is 0 Å². The van der Waals surface area contributed by atoms with Crippen molar-refractivity contribution in [3.8, 4) is 0 Å². The van der Waals surface area contributed by atoms with Gasteiger partial charge in [-0.15, -0.1) is 0 Å². The van der Waals surface area contributed by atoms with Crippen LogP contribution in [0.15, 0.2) is 24.3 Å². The van der Waals surface area contributed by atoms with E-state index < -0.39 is 11.9 Å². The van der Waals surface area contributed by atoms with Gasteiger partial charge in [0, 0.05) is 0 Å². The monoisotopic (exact) mass is 196 g/mol. The van der Waals surface area contributed by atoms with Crippen molar-refractivity contribution in [1.29, 1.82) is 0 Å². The molecule has 1 aromatic carbocycles. The minimum atomic E-state index is -1.20. The summed E-state index contributed by atoms with van der Waals surface area (Å²) in [5.74, 6) is 2.71. The van der Waals surface area contributed by atoms with Crippen molar-refractivity contribution >= 4 is 11.9 Å². The smallest absolute Gasteiger partial charge is 0.358 e. The van der Waals surface area contributed by atoms with Crippen LogP contribution in [0.25, 0.3) is 0 Å². The highest BCUT2D eigenvalue weighted by molar-refractivity contribution is 6.02. The zero-order chi connectivity index (χ0) is 10.6. The molecule has 0 heterocycles. The van der Waals surface area contributed by atoms with Crippen LogP contribution < -0.4 is 11.4 Å². The van der Waals surface area contributed by atoms with Gasteiger partial charge in [-0.1, -0.05) is 17.7 Å². The molecule has 0 atom stereocenters. The number of nitrogens with two attached hydrogens (primary N) is 1. The van der Waals surface area contributed by atoms with Crippen LogP contribution in [0, 0.1) is 0 Å². The Morgan fingerprint density at radius 1 is 1.29 bits per heavy atom. The average Bonchev–Trinajstić information content (AvgIpc) is 2.18. The molecule has 0 fully saturated rings. The topological polar surface area (TPSA) is 102 Å². The first-order valence-corrected chi connectivity index (χ1v) is 3.66. The molecule has 14 heavy (non-hydrogen) atoms. The van der Waals surface area contributed by atoms with Gasteiger partial charge in [0.25, 0.3) is 0 Å². The molecular weight excluding hydrogens is 188 g/mol. The molecule has 0 spiro atoms. The lowest BCUT2D eigenvalue weighted by Gasteiger charge is -2.03. The third-order valence-corrected chi connectivity index (χ3v) is 1.53. The predicted octanol–water partition coefficient (Wildman–Crippen LogP) is -0.0801.